The van der Waals surface area contributed by atoms with Gasteiger partial charge in [-0.3, -0.25) is 15.0 Å². The first-order valence-corrected chi connectivity index (χ1v) is 11.0. The average Bonchev–Trinajstić information content (AvgIpc) is 3.23. The van der Waals surface area contributed by atoms with Gasteiger partial charge in [-0.15, -0.1) is 0 Å². The summed E-state index contributed by atoms with van der Waals surface area (Å²) in [4.78, 5) is 26.1. The second-order valence-electron chi connectivity index (χ2n) is 7.77. The molecule has 0 aliphatic carbocycles. The maximum absolute atomic E-state index is 15.2. The van der Waals surface area contributed by atoms with Gasteiger partial charge in [0.1, 0.15) is 18.3 Å². The van der Waals surface area contributed by atoms with E-state index in [0.29, 0.717) is 30.6 Å². The Labute approximate surface area is 196 Å². The van der Waals surface area contributed by atoms with E-state index in [1.165, 1.54) is 0 Å². The fraction of sp³-hybridized carbons (Fsp3) is 0.375. The molecule has 0 aromatic heterocycles. The fourth-order valence-electron chi connectivity index (χ4n) is 3.65. The molecular weight excluding hydrogens is 446 g/mol. The largest absolute Gasteiger partial charge is 0.489 e. The van der Waals surface area contributed by atoms with Gasteiger partial charge < -0.3 is 25.4 Å². The Morgan fingerprint density at radius 2 is 1.97 bits per heavy atom. The third-order valence-electron chi connectivity index (χ3n) is 5.45. The predicted molar refractivity (Wildman–Crippen MR) is 121 cm³/mol. The zero-order chi connectivity index (χ0) is 24.7. The number of benzene rings is 2. The van der Waals surface area contributed by atoms with Crippen LogP contribution in [0.3, 0.4) is 0 Å². The lowest BCUT2D eigenvalue weighted by Gasteiger charge is -2.20. The summed E-state index contributed by atoms with van der Waals surface area (Å²) in [6.07, 6.45) is -0.258. The topological polar surface area (TPSA) is 118 Å². The zero-order valence-corrected chi connectivity index (χ0v) is 18.9. The smallest absolute Gasteiger partial charge is 0.254 e. The summed E-state index contributed by atoms with van der Waals surface area (Å²) in [5.41, 5.74) is 6.14. The van der Waals surface area contributed by atoms with Crippen LogP contribution in [-0.2, 0) is 20.9 Å². The second-order valence-corrected chi connectivity index (χ2v) is 7.77. The van der Waals surface area contributed by atoms with Gasteiger partial charge in [-0.05, 0) is 31.0 Å². The van der Waals surface area contributed by atoms with Gasteiger partial charge in [-0.2, -0.15) is 0 Å². The van der Waals surface area contributed by atoms with Crippen LogP contribution in [0.4, 0.5) is 8.78 Å². The molecule has 1 aliphatic heterocycles. The van der Waals surface area contributed by atoms with Crippen molar-refractivity contribution in [3.63, 3.8) is 0 Å². The molecule has 3 rings (SSSR count). The van der Waals surface area contributed by atoms with Crippen LogP contribution in [0.15, 0.2) is 36.4 Å². The minimum absolute atomic E-state index is 0.0212. The Kier molecular flexibility index (Phi) is 8.53. The van der Waals surface area contributed by atoms with E-state index >= 15 is 4.39 Å². The summed E-state index contributed by atoms with van der Waals surface area (Å²) < 4.78 is 40.7. The number of nitrogen functional groups attached to an aromatic ring is 1. The fourth-order valence-corrected chi connectivity index (χ4v) is 3.65. The van der Waals surface area contributed by atoms with Crippen LogP contribution in [-0.4, -0.2) is 48.9 Å². The SMILES string of the molecule is CCO[C@H](C(=O)NCc1ccc(C(=N)N)cc1)c1c(F)ccc(OCCN2CCCC2=O)c1F. The number of likely N-dealkylation sites (tertiary alicyclic amines) is 1. The maximum Gasteiger partial charge on any atom is 0.254 e. The molecule has 1 saturated heterocycles. The molecule has 0 bridgehead atoms. The first kappa shape index (κ1) is 25.1. The number of halogens is 2. The van der Waals surface area contributed by atoms with Crippen molar-refractivity contribution in [2.75, 3.05) is 26.3 Å². The molecule has 1 heterocycles. The molecule has 182 valence electrons. The summed E-state index contributed by atoms with van der Waals surface area (Å²) >= 11 is 0. The molecule has 0 saturated carbocycles. The lowest BCUT2D eigenvalue weighted by atomic mass is 10.1. The number of hydrogen-bond acceptors (Lipinski definition) is 5. The van der Waals surface area contributed by atoms with Crippen LogP contribution in [0.2, 0.25) is 0 Å². The summed E-state index contributed by atoms with van der Waals surface area (Å²) in [6, 6.07) is 8.83. The van der Waals surface area contributed by atoms with Gasteiger partial charge in [-0.1, -0.05) is 24.3 Å². The third-order valence-corrected chi connectivity index (χ3v) is 5.45. The first-order valence-electron chi connectivity index (χ1n) is 11.0. The predicted octanol–water partition coefficient (Wildman–Crippen LogP) is 2.64. The van der Waals surface area contributed by atoms with Crippen LogP contribution in [0.1, 0.15) is 42.6 Å². The number of amidine groups is 1. The number of carbonyl (C=O) groups is 2. The lowest BCUT2D eigenvalue weighted by molar-refractivity contribution is -0.133. The Morgan fingerprint density at radius 3 is 2.59 bits per heavy atom. The van der Waals surface area contributed by atoms with Gasteiger partial charge >= 0.3 is 0 Å². The molecule has 1 atom stereocenters. The monoisotopic (exact) mass is 474 g/mol. The highest BCUT2D eigenvalue weighted by Gasteiger charge is 2.30. The number of hydrogen-bond donors (Lipinski definition) is 3. The van der Waals surface area contributed by atoms with E-state index in [-0.39, 0.29) is 37.3 Å². The van der Waals surface area contributed by atoms with Crippen LogP contribution in [0.5, 0.6) is 5.75 Å². The lowest BCUT2D eigenvalue weighted by Crippen LogP contribution is -2.32. The van der Waals surface area contributed by atoms with Gasteiger partial charge in [-0.25, -0.2) is 8.78 Å². The molecule has 34 heavy (non-hydrogen) atoms. The molecule has 1 aliphatic rings. The standard InChI is InChI=1S/C24H28F2N4O4/c1-2-33-22(24(32)29-14-15-5-7-16(8-6-15)23(27)28)20-17(25)9-10-18(21(20)26)34-13-12-30-11-3-4-19(30)31/h5-10,22H,2-4,11-14H2,1H3,(H3,27,28)(H,29,32)/t22-/m0/s1. The number of carbonyl (C=O) groups excluding carboxylic acids is 2. The van der Waals surface area contributed by atoms with Crippen molar-refractivity contribution in [3.8, 4) is 5.75 Å². The normalized spacial score (nSPS) is 14.2. The van der Waals surface area contributed by atoms with Gasteiger partial charge in [0.2, 0.25) is 5.91 Å². The Balaban J connectivity index is 1.70. The third kappa shape index (κ3) is 6.07. The number of nitrogens with zero attached hydrogens (tertiary/aromatic N) is 1. The van der Waals surface area contributed by atoms with Crippen LogP contribution in [0.25, 0.3) is 0 Å². The van der Waals surface area contributed by atoms with Crippen molar-refractivity contribution in [3.05, 3.63) is 64.7 Å². The molecule has 0 unspecified atom stereocenters. The Bertz CT molecular complexity index is 1050. The van der Waals surface area contributed by atoms with Crippen molar-refractivity contribution < 1.29 is 27.8 Å². The van der Waals surface area contributed by atoms with E-state index < -0.39 is 29.2 Å². The van der Waals surface area contributed by atoms with Gasteiger partial charge in [0, 0.05) is 31.7 Å². The van der Waals surface area contributed by atoms with Crippen molar-refractivity contribution in [2.24, 2.45) is 5.73 Å². The zero-order valence-electron chi connectivity index (χ0n) is 18.9. The molecule has 2 aromatic rings. The van der Waals surface area contributed by atoms with Crippen molar-refractivity contribution in [2.45, 2.75) is 32.4 Å². The van der Waals surface area contributed by atoms with E-state index in [1.807, 2.05) is 0 Å². The molecule has 0 radical (unpaired) electrons. The summed E-state index contributed by atoms with van der Waals surface area (Å²) in [6.45, 7) is 2.71. The Hall–Kier alpha value is -3.53. The van der Waals surface area contributed by atoms with Crippen LogP contribution < -0.4 is 15.8 Å². The van der Waals surface area contributed by atoms with Gasteiger partial charge in [0.15, 0.2) is 17.7 Å². The molecule has 1 fully saturated rings. The van der Waals surface area contributed by atoms with Gasteiger partial charge in [0.05, 0.1) is 12.1 Å². The van der Waals surface area contributed by atoms with E-state index in [0.717, 1.165) is 18.6 Å². The van der Waals surface area contributed by atoms with Gasteiger partial charge in [0.25, 0.3) is 5.91 Å². The first-order chi connectivity index (χ1) is 16.3. The maximum atomic E-state index is 15.2. The molecule has 0 spiro atoms. The summed E-state index contributed by atoms with van der Waals surface area (Å²) in [5.74, 6) is -2.94. The number of nitrogens with one attached hydrogen (secondary N) is 2. The number of rotatable bonds is 11. The minimum atomic E-state index is -1.52. The highest BCUT2D eigenvalue weighted by Crippen LogP contribution is 2.30. The number of amides is 2. The summed E-state index contributed by atoms with van der Waals surface area (Å²) in [7, 11) is 0. The van der Waals surface area contributed by atoms with Crippen LogP contribution in [0, 0.1) is 17.0 Å². The van der Waals surface area contributed by atoms with E-state index in [1.54, 1.807) is 36.1 Å². The molecule has 2 amide bonds. The van der Waals surface area contributed by atoms with Crippen molar-refractivity contribution >= 4 is 17.6 Å². The quantitative estimate of drug-likeness (QED) is 0.342. The summed E-state index contributed by atoms with van der Waals surface area (Å²) in [5, 5.41) is 10.0. The molecule has 10 heteroatoms. The van der Waals surface area contributed by atoms with Crippen molar-refractivity contribution in [1.29, 1.82) is 5.41 Å². The molecule has 8 nitrogen and oxygen atoms in total. The van der Waals surface area contributed by atoms with E-state index in [9.17, 15) is 14.0 Å². The highest BCUT2D eigenvalue weighted by molar-refractivity contribution is 5.94. The van der Waals surface area contributed by atoms with E-state index in [2.05, 4.69) is 5.32 Å². The number of nitrogens with two attached hydrogens (primary N) is 1. The Morgan fingerprint density at radius 1 is 1.24 bits per heavy atom. The van der Waals surface area contributed by atoms with Crippen molar-refractivity contribution in [1.82, 2.24) is 10.2 Å². The van der Waals surface area contributed by atoms with E-state index in [4.69, 9.17) is 20.6 Å². The average molecular weight is 475 g/mol. The van der Waals surface area contributed by atoms with Crippen LogP contribution >= 0.6 is 0 Å². The highest BCUT2D eigenvalue weighted by atomic mass is 19.1. The molecule has 4 N–H and O–H groups in total. The minimum Gasteiger partial charge on any atom is -0.489 e. The number of ether oxygens (including phenoxy) is 2. The second kappa shape index (κ2) is 11.6. The molecular formula is C24H28F2N4O4. The molecule has 2 aromatic carbocycles.